The molecule has 6 N–H and O–H groups in total. The first-order chi connectivity index (χ1) is 54.0. The van der Waals surface area contributed by atoms with Crippen LogP contribution >= 0.6 is 35.3 Å². The van der Waals surface area contributed by atoms with Crippen LogP contribution in [0.2, 0.25) is 0 Å². The molecule has 45 heteroatoms. The van der Waals surface area contributed by atoms with Crippen molar-refractivity contribution in [3.8, 4) is 0 Å². The van der Waals surface area contributed by atoms with E-state index in [-0.39, 0.29) is 166 Å². The van der Waals surface area contributed by atoms with Crippen molar-refractivity contribution >= 4 is 126 Å². The van der Waals surface area contributed by atoms with Crippen molar-refractivity contribution in [2.24, 2.45) is 0 Å². The molecular formula is C69H99N9O33S3. The van der Waals surface area contributed by atoms with Crippen LogP contribution in [-0.2, 0) is 134 Å². The zero-order chi connectivity index (χ0) is 85.5. The first-order valence-corrected chi connectivity index (χ1v) is 38.1. The highest BCUT2D eigenvalue weighted by atomic mass is 32.2. The second kappa shape index (κ2) is 58.6. The van der Waals surface area contributed by atoms with Crippen LogP contribution in [0.3, 0.4) is 0 Å². The number of thioether (sulfide) groups is 3. The summed E-state index contributed by atoms with van der Waals surface area (Å²) < 4.78 is 78.8. The highest BCUT2D eigenvalue weighted by Gasteiger charge is 2.24. The van der Waals surface area contributed by atoms with E-state index in [9.17, 15) is 86.3 Å². The molecule has 3 atom stereocenters. The Morgan fingerprint density at radius 1 is 0.289 bits per heavy atom. The van der Waals surface area contributed by atoms with Crippen LogP contribution in [0.5, 0.6) is 0 Å². The van der Waals surface area contributed by atoms with Gasteiger partial charge in [-0.3, -0.25) is 14.4 Å². The fourth-order valence-corrected chi connectivity index (χ4v) is 10.2. The summed E-state index contributed by atoms with van der Waals surface area (Å²) in [4.78, 5) is 227. The molecule has 0 aliphatic heterocycles. The number of hydrogen-bond donors (Lipinski definition) is 6. The van der Waals surface area contributed by atoms with Gasteiger partial charge in [0.2, 0.25) is 0 Å². The largest absolute Gasteiger partial charge is 0.464 e. The minimum atomic E-state index is -1.25. The zero-order valence-electron chi connectivity index (χ0n) is 64.2. The smallest absolute Gasteiger partial charge is 0.407 e. The van der Waals surface area contributed by atoms with E-state index >= 15 is 0 Å². The number of alkyl carbamates (subject to hydrolysis) is 6. The van der Waals surface area contributed by atoms with Crippen LogP contribution in [0.1, 0.15) is 60.8 Å². The van der Waals surface area contributed by atoms with E-state index in [0.29, 0.717) is 13.7 Å². The Morgan fingerprint density at radius 3 is 0.675 bits per heavy atom. The van der Waals surface area contributed by atoms with Crippen LogP contribution in [0.4, 0.5) is 28.8 Å². The van der Waals surface area contributed by atoms with Gasteiger partial charge in [-0.2, -0.15) is 35.3 Å². The summed E-state index contributed by atoms with van der Waals surface area (Å²) in [5.74, 6) is -7.03. The van der Waals surface area contributed by atoms with Crippen molar-refractivity contribution < 1.29 is 143 Å². The Morgan fingerprint density at radius 2 is 0.482 bits per heavy atom. The molecule has 0 saturated heterocycles. The maximum atomic E-state index is 14.0. The van der Waals surface area contributed by atoms with Gasteiger partial charge in [0.05, 0.1) is 78.2 Å². The summed E-state index contributed by atoms with van der Waals surface area (Å²) >= 11 is 3.12. The molecule has 0 fully saturated rings. The average molecular weight is 1680 g/mol. The standard InChI is InChI=1S/C69H99N9O33S3/c1-43(2)55(82)100-25-16-70-61(88)106-37-49(109-64(91)73-19-28-103-58(85)46(7)8)40-112-34-13-52(79)97-31-22-76-67(94)77(23-32-98-53(80)14-35-113-41-50(110-65(92)74-20-29-104-59(86)47(9)10)38-107-62(89)71-17-26-101-56(83)44(3)4)69(96)78(68(76)95)24-33-99-54(81)15-36-114-42-51(111-66(93)75-21-30-105-60(87)48(11)12)39-108-63(90)72-18-27-102-57(84)45(5)6/h49-51H,1,3,5,7,9,11,13-42H2,2,4,6,8,10,12H3,(H,70,88)(H,71,89)(H,72,90)(H,73,91)(H,74,92)(H,75,93). The van der Waals surface area contributed by atoms with Crippen LogP contribution in [0.15, 0.2) is 87.3 Å². The van der Waals surface area contributed by atoms with Crippen LogP contribution in [-0.4, -0.2) is 275 Å². The summed E-state index contributed by atoms with van der Waals surface area (Å²) in [5, 5.41) is 14.2. The number of ether oxygens (including phenoxy) is 15. The summed E-state index contributed by atoms with van der Waals surface area (Å²) in [7, 11) is 0. The number of amides is 6. The number of nitrogens with one attached hydrogen (secondary N) is 6. The minimum Gasteiger partial charge on any atom is -0.464 e. The van der Waals surface area contributed by atoms with Gasteiger partial charge < -0.3 is 103 Å². The lowest BCUT2D eigenvalue weighted by Gasteiger charge is -2.18. The molecule has 0 aliphatic carbocycles. The Kier molecular flexibility index (Phi) is 51.8. The lowest BCUT2D eigenvalue weighted by molar-refractivity contribution is -0.144. The molecule has 1 rings (SSSR count). The number of nitrogens with zero attached hydrogens (tertiary/aromatic N) is 3. The van der Waals surface area contributed by atoms with Gasteiger partial charge in [-0.15, -0.1) is 0 Å². The Hall–Kier alpha value is -11.3. The van der Waals surface area contributed by atoms with Crippen molar-refractivity contribution in [1.29, 1.82) is 0 Å². The lowest BCUT2D eigenvalue weighted by atomic mass is 10.4. The number of rotatable bonds is 57. The second-order valence-corrected chi connectivity index (χ2v) is 26.8. The molecule has 636 valence electrons. The van der Waals surface area contributed by atoms with Crippen molar-refractivity contribution in [2.45, 2.75) is 98.8 Å². The molecule has 6 amide bonds. The van der Waals surface area contributed by atoms with Crippen molar-refractivity contribution in [2.75, 3.05) is 153 Å². The first kappa shape index (κ1) is 101. The predicted molar refractivity (Wildman–Crippen MR) is 405 cm³/mol. The third-order valence-corrected chi connectivity index (χ3v) is 16.4. The Bertz CT molecular complexity index is 3320. The monoisotopic (exact) mass is 1680 g/mol. The maximum absolute atomic E-state index is 14.0. The van der Waals surface area contributed by atoms with E-state index in [0.717, 1.165) is 35.3 Å². The van der Waals surface area contributed by atoms with Gasteiger partial charge in [-0.25, -0.2) is 85.6 Å². The van der Waals surface area contributed by atoms with E-state index in [1.807, 2.05) is 0 Å². The number of carbonyl (C=O) groups excluding carboxylic acids is 15. The molecule has 0 radical (unpaired) electrons. The Labute approximate surface area is 667 Å². The molecule has 114 heavy (non-hydrogen) atoms. The van der Waals surface area contributed by atoms with Crippen molar-refractivity contribution in [3.05, 3.63) is 104 Å². The normalized spacial score (nSPS) is 11.2. The molecule has 1 heterocycles. The van der Waals surface area contributed by atoms with E-state index in [1.54, 1.807) is 0 Å². The van der Waals surface area contributed by atoms with Gasteiger partial charge in [0.1, 0.15) is 97.6 Å². The highest BCUT2D eigenvalue weighted by molar-refractivity contribution is 7.99. The molecular weight excluding hydrogens is 1580 g/mol. The van der Waals surface area contributed by atoms with Gasteiger partial charge in [-0.1, -0.05) is 39.5 Å². The van der Waals surface area contributed by atoms with Gasteiger partial charge in [0, 0.05) is 68.0 Å². The lowest BCUT2D eigenvalue weighted by Crippen LogP contribution is -2.55. The maximum Gasteiger partial charge on any atom is 0.407 e. The van der Waals surface area contributed by atoms with Gasteiger partial charge in [-0.05, 0) is 41.5 Å². The van der Waals surface area contributed by atoms with E-state index in [1.165, 1.54) is 41.5 Å². The number of esters is 9. The highest BCUT2D eigenvalue weighted by Crippen LogP contribution is 2.14. The minimum absolute atomic E-state index is 0.00638. The zero-order valence-corrected chi connectivity index (χ0v) is 66.7. The molecule has 0 saturated carbocycles. The number of hydrogen-bond acceptors (Lipinski definition) is 36. The third kappa shape index (κ3) is 47.8. The fourth-order valence-electron chi connectivity index (χ4n) is 7.44. The summed E-state index contributed by atoms with van der Waals surface area (Å²) in [6.45, 7) is 21.5. The second-order valence-electron chi connectivity index (χ2n) is 23.4. The van der Waals surface area contributed by atoms with Crippen LogP contribution in [0, 0.1) is 0 Å². The molecule has 0 aliphatic rings. The molecule has 1 aromatic heterocycles. The predicted octanol–water partition coefficient (Wildman–Crippen LogP) is 1.35. The SMILES string of the molecule is C=C(C)C(=O)OCCNC(=O)OCC(CSCCC(=O)OCCn1c(=O)n(CCOC(=O)CCSCC(COC(=O)NCCOC(=O)C(=C)C)OC(=O)NCCOC(=O)C(=C)C)c(=O)n(CCOC(=O)CCSCC(COC(=O)NCCOC(=O)C(=C)C)OC(=O)NCCOC(=O)C(=C)C)c1=O)OC(=O)NCCOC(=O)C(=C)C. The van der Waals surface area contributed by atoms with Gasteiger partial charge >= 0.3 is 107 Å². The summed E-state index contributed by atoms with van der Waals surface area (Å²) in [5.41, 5.74) is -3.00. The summed E-state index contributed by atoms with van der Waals surface area (Å²) in [6, 6.07) is 0. The summed E-state index contributed by atoms with van der Waals surface area (Å²) in [6.07, 6.45) is -10.3. The first-order valence-electron chi connectivity index (χ1n) is 34.7. The van der Waals surface area contributed by atoms with Crippen molar-refractivity contribution in [3.63, 3.8) is 0 Å². The molecule has 0 spiro atoms. The third-order valence-electron chi connectivity index (χ3n) is 13.1. The number of carbonyl (C=O) groups is 15. The molecule has 3 unspecified atom stereocenters. The average Bonchev–Trinajstić information content (AvgIpc) is 0.785. The quantitative estimate of drug-likeness (QED) is 0.0232. The Balaban J connectivity index is 3.34. The van der Waals surface area contributed by atoms with Gasteiger partial charge in [0.15, 0.2) is 0 Å². The van der Waals surface area contributed by atoms with E-state index in [4.69, 9.17) is 71.1 Å². The molecule has 0 bridgehead atoms. The van der Waals surface area contributed by atoms with Gasteiger partial charge in [0.25, 0.3) is 0 Å². The van der Waals surface area contributed by atoms with Crippen molar-refractivity contribution in [1.82, 2.24) is 45.6 Å². The van der Waals surface area contributed by atoms with E-state index < -0.39 is 185 Å². The van der Waals surface area contributed by atoms with Crippen LogP contribution < -0.4 is 49.0 Å². The molecule has 1 aromatic rings. The van der Waals surface area contributed by atoms with E-state index in [2.05, 4.69) is 71.4 Å². The topological polar surface area (TPSA) is 533 Å². The molecule has 42 nitrogen and oxygen atoms in total. The number of aromatic nitrogens is 3. The molecule has 0 aromatic carbocycles. The van der Waals surface area contributed by atoms with Crippen LogP contribution in [0.25, 0.3) is 0 Å². The fraction of sp³-hybridized carbons (Fsp3) is 0.565.